The number of hydrogen-bond acceptors (Lipinski definition) is 4. The summed E-state index contributed by atoms with van der Waals surface area (Å²) in [6, 6.07) is 4.89. The second-order valence-electron chi connectivity index (χ2n) is 3.80. The van der Waals surface area contributed by atoms with E-state index >= 15 is 0 Å². The van der Waals surface area contributed by atoms with E-state index in [9.17, 15) is 4.79 Å². The summed E-state index contributed by atoms with van der Waals surface area (Å²) in [5, 5.41) is 18.0. The lowest BCUT2D eigenvalue weighted by atomic mass is 9.86. The molecule has 1 saturated heterocycles. The topological polar surface area (TPSA) is 73.7 Å². The largest absolute Gasteiger partial charge is 0.508 e. The quantitative estimate of drug-likeness (QED) is 0.645. The van der Waals surface area contributed by atoms with Crippen LogP contribution in [0.1, 0.15) is 19.3 Å². The summed E-state index contributed by atoms with van der Waals surface area (Å²) in [7, 11) is -1.60. The Morgan fingerprint density at radius 1 is 1.31 bits per heavy atom. The third-order valence-corrected chi connectivity index (χ3v) is 2.62. The molecule has 0 bridgehead atoms. The summed E-state index contributed by atoms with van der Waals surface area (Å²) in [6.45, 7) is 0.650. The van der Waals surface area contributed by atoms with Gasteiger partial charge in [0.05, 0.1) is 5.59 Å². The number of aromatic nitrogens is 1. The number of anilines is 1. The van der Waals surface area contributed by atoms with Crippen molar-refractivity contribution in [3.63, 3.8) is 0 Å². The van der Waals surface area contributed by atoms with Crippen LogP contribution in [0, 0.1) is 0 Å². The summed E-state index contributed by atoms with van der Waals surface area (Å²) in [4.78, 5) is 17.3. The van der Waals surface area contributed by atoms with Gasteiger partial charge in [0, 0.05) is 13.0 Å². The Hall–Kier alpha value is -1.40. The van der Waals surface area contributed by atoms with Gasteiger partial charge in [-0.1, -0.05) is 6.07 Å². The molecule has 2 N–H and O–H groups in total. The van der Waals surface area contributed by atoms with Gasteiger partial charge in [-0.25, -0.2) is 4.98 Å². The van der Waals surface area contributed by atoms with Crippen LogP contribution < -0.4 is 10.5 Å². The standard InChI is InChI=1S/C10H13BN2O3/c14-10-6-1-2-7-13(10)9-5-3-4-8(12-9)11(15)16/h3-5,15-16H,1-2,6-7H2. The highest BCUT2D eigenvalue weighted by Crippen LogP contribution is 2.17. The van der Waals surface area contributed by atoms with E-state index in [1.807, 2.05) is 0 Å². The fourth-order valence-electron chi connectivity index (χ4n) is 1.78. The number of nitrogens with zero attached hydrogens (tertiary/aromatic N) is 2. The van der Waals surface area contributed by atoms with Gasteiger partial charge in [-0.2, -0.15) is 0 Å². The van der Waals surface area contributed by atoms with Gasteiger partial charge in [0.2, 0.25) is 5.91 Å². The smallest absolute Gasteiger partial charge is 0.422 e. The van der Waals surface area contributed by atoms with Crippen LogP contribution in [0.25, 0.3) is 0 Å². The highest BCUT2D eigenvalue weighted by atomic mass is 16.4. The van der Waals surface area contributed by atoms with Crippen molar-refractivity contribution in [2.24, 2.45) is 0 Å². The number of piperidine rings is 1. The molecule has 1 aromatic rings. The van der Waals surface area contributed by atoms with Crippen molar-refractivity contribution in [1.82, 2.24) is 4.98 Å². The third kappa shape index (κ3) is 2.23. The lowest BCUT2D eigenvalue weighted by Gasteiger charge is -2.25. The Bertz CT molecular complexity index is 397. The Balaban J connectivity index is 2.25. The molecule has 0 radical (unpaired) electrons. The van der Waals surface area contributed by atoms with E-state index in [1.165, 1.54) is 6.07 Å². The Labute approximate surface area is 93.9 Å². The summed E-state index contributed by atoms with van der Waals surface area (Å²) < 4.78 is 0. The lowest BCUT2D eigenvalue weighted by molar-refractivity contribution is -0.119. The van der Waals surface area contributed by atoms with Crippen LogP contribution in [0.2, 0.25) is 0 Å². The van der Waals surface area contributed by atoms with Gasteiger partial charge < -0.3 is 10.0 Å². The van der Waals surface area contributed by atoms with E-state index in [0.29, 0.717) is 18.8 Å². The second-order valence-corrected chi connectivity index (χ2v) is 3.80. The van der Waals surface area contributed by atoms with Crippen LogP contribution in [-0.4, -0.2) is 34.6 Å². The minimum atomic E-state index is -1.60. The van der Waals surface area contributed by atoms with E-state index in [2.05, 4.69) is 4.98 Å². The number of carbonyl (C=O) groups is 1. The van der Waals surface area contributed by atoms with Gasteiger partial charge in [0.1, 0.15) is 5.82 Å². The highest BCUT2D eigenvalue weighted by molar-refractivity contribution is 6.57. The predicted molar refractivity (Wildman–Crippen MR) is 60.3 cm³/mol. The molecule has 1 fully saturated rings. The lowest BCUT2D eigenvalue weighted by Crippen LogP contribution is -2.39. The molecule has 84 valence electrons. The number of carbonyl (C=O) groups excluding carboxylic acids is 1. The number of rotatable bonds is 2. The van der Waals surface area contributed by atoms with E-state index < -0.39 is 7.12 Å². The van der Waals surface area contributed by atoms with Crippen LogP contribution >= 0.6 is 0 Å². The van der Waals surface area contributed by atoms with Gasteiger partial charge in [-0.15, -0.1) is 0 Å². The summed E-state index contributed by atoms with van der Waals surface area (Å²) >= 11 is 0. The Morgan fingerprint density at radius 2 is 2.12 bits per heavy atom. The van der Waals surface area contributed by atoms with Crippen molar-refractivity contribution < 1.29 is 14.8 Å². The van der Waals surface area contributed by atoms with Gasteiger partial charge >= 0.3 is 7.12 Å². The number of amides is 1. The zero-order valence-corrected chi connectivity index (χ0v) is 8.83. The predicted octanol–water partition coefficient (Wildman–Crippen LogP) is -0.722. The molecule has 0 aliphatic carbocycles. The first-order chi connectivity index (χ1) is 7.68. The maximum atomic E-state index is 11.6. The average molecular weight is 220 g/mol. The highest BCUT2D eigenvalue weighted by Gasteiger charge is 2.22. The molecular formula is C10H13BN2O3. The first kappa shape index (κ1) is 11.1. The van der Waals surface area contributed by atoms with Gasteiger partial charge in [-0.3, -0.25) is 9.69 Å². The summed E-state index contributed by atoms with van der Waals surface area (Å²) in [5.74, 6) is 0.540. The van der Waals surface area contributed by atoms with Crippen molar-refractivity contribution in [2.75, 3.05) is 11.4 Å². The molecule has 1 aliphatic heterocycles. The van der Waals surface area contributed by atoms with Crippen LogP contribution in [-0.2, 0) is 4.79 Å². The van der Waals surface area contributed by atoms with E-state index in [0.717, 1.165) is 12.8 Å². The number of pyridine rings is 1. The fraction of sp³-hybridized carbons (Fsp3) is 0.400. The van der Waals surface area contributed by atoms with Crippen molar-refractivity contribution in [3.05, 3.63) is 18.2 Å². The SMILES string of the molecule is O=C1CCCCN1c1cccc(B(O)O)n1. The zero-order chi connectivity index (χ0) is 11.5. The molecular weight excluding hydrogens is 207 g/mol. The molecule has 0 aromatic carbocycles. The van der Waals surface area contributed by atoms with Gasteiger partial charge in [-0.05, 0) is 25.0 Å². The van der Waals surface area contributed by atoms with Crippen LogP contribution in [0.4, 0.5) is 5.82 Å². The van der Waals surface area contributed by atoms with E-state index in [-0.39, 0.29) is 11.5 Å². The molecule has 0 unspecified atom stereocenters. The van der Waals surface area contributed by atoms with E-state index in [1.54, 1.807) is 17.0 Å². The molecule has 1 amide bonds. The molecule has 1 aromatic heterocycles. The van der Waals surface area contributed by atoms with Gasteiger partial charge in [0.25, 0.3) is 0 Å². The molecule has 1 aliphatic rings. The minimum absolute atomic E-state index is 0.0447. The Kier molecular flexibility index (Phi) is 3.21. The van der Waals surface area contributed by atoms with Crippen LogP contribution in [0.15, 0.2) is 18.2 Å². The summed E-state index contributed by atoms with van der Waals surface area (Å²) in [5.41, 5.74) is 0.163. The molecule has 0 saturated carbocycles. The maximum absolute atomic E-state index is 11.6. The van der Waals surface area contributed by atoms with Crippen LogP contribution in [0.3, 0.4) is 0 Å². The molecule has 16 heavy (non-hydrogen) atoms. The van der Waals surface area contributed by atoms with E-state index in [4.69, 9.17) is 10.0 Å². The molecule has 0 spiro atoms. The molecule has 2 heterocycles. The van der Waals surface area contributed by atoms with Crippen molar-refractivity contribution in [1.29, 1.82) is 0 Å². The zero-order valence-electron chi connectivity index (χ0n) is 8.83. The van der Waals surface area contributed by atoms with Gasteiger partial charge in [0.15, 0.2) is 0 Å². The molecule has 2 rings (SSSR count). The first-order valence-electron chi connectivity index (χ1n) is 5.32. The third-order valence-electron chi connectivity index (χ3n) is 2.62. The fourth-order valence-corrected chi connectivity index (χ4v) is 1.78. The maximum Gasteiger partial charge on any atom is 0.508 e. The van der Waals surface area contributed by atoms with Crippen LogP contribution in [0.5, 0.6) is 0 Å². The molecule has 6 heteroatoms. The molecule has 5 nitrogen and oxygen atoms in total. The van der Waals surface area contributed by atoms with Crippen molar-refractivity contribution >= 4 is 24.4 Å². The average Bonchev–Trinajstić information content (AvgIpc) is 2.30. The Morgan fingerprint density at radius 3 is 2.81 bits per heavy atom. The number of hydrogen-bond donors (Lipinski definition) is 2. The second kappa shape index (κ2) is 4.63. The summed E-state index contributed by atoms with van der Waals surface area (Å²) in [6.07, 6.45) is 2.41. The molecule has 0 atom stereocenters. The van der Waals surface area contributed by atoms with Crippen molar-refractivity contribution in [3.8, 4) is 0 Å². The van der Waals surface area contributed by atoms with Crippen molar-refractivity contribution in [2.45, 2.75) is 19.3 Å². The minimum Gasteiger partial charge on any atom is -0.422 e. The normalized spacial score (nSPS) is 16.4. The first-order valence-corrected chi connectivity index (χ1v) is 5.32. The monoisotopic (exact) mass is 220 g/mol.